The SMILES string of the molecule is F[B-]1(F)n2c(Cl)ccc2C(c2ccccc2)=C2C=CC(N3CCN(Cc4ccccc4)CCN(C4=[N+]5C(=C(c6ccccc6)c6ccc(Cl)n6[B-]5(F)F)C=C4)CCN(Cc4ccccc4)CC3)=[N+]21. The smallest absolute Gasteiger partial charge is 0.414 e. The van der Waals surface area contributed by atoms with Crippen LogP contribution in [0.4, 0.5) is 17.3 Å². The number of halogens is 6. The number of aromatic nitrogens is 2. The number of rotatable bonds is 6. The summed E-state index contributed by atoms with van der Waals surface area (Å²) in [6.07, 6.45) is 7.28. The van der Waals surface area contributed by atoms with E-state index in [4.69, 9.17) is 23.2 Å². The molecule has 0 N–H and O–H groups in total. The lowest BCUT2D eigenvalue weighted by Gasteiger charge is -2.38. The first-order valence-corrected chi connectivity index (χ1v) is 23.9. The van der Waals surface area contributed by atoms with Crippen LogP contribution in [0.1, 0.15) is 33.6 Å². The Labute approximate surface area is 403 Å². The maximum absolute atomic E-state index is 17.3. The predicted molar refractivity (Wildman–Crippen MR) is 266 cm³/mol. The average molecular weight is 954 g/mol. The van der Waals surface area contributed by atoms with Gasteiger partial charge in [-0.05, 0) is 58.7 Å². The van der Waals surface area contributed by atoms with Crippen LogP contribution in [0.25, 0.3) is 11.1 Å². The number of fused-ring (bicyclic) bond motifs is 4. The van der Waals surface area contributed by atoms with E-state index in [2.05, 4.69) is 43.9 Å². The minimum atomic E-state index is -4.41. The van der Waals surface area contributed by atoms with Crippen LogP contribution in [0.3, 0.4) is 0 Å². The number of hydrogen-bond acceptors (Lipinski definition) is 4. The molecule has 0 spiro atoms. The lowest BCUT2D eigenvalue weighted by atomic mass is 9.86. The van der Waals surface area contributed by atoms with Crippen molar-refractivity contribution < 1.29 is 26.2 Å². The van der Waals surface area contributed by atoms with Gasteiger partial charge in [-0.15, -0.1) is 0 Å². The third-order valence-corrected chi connectivity index (χ3v) is 14.4. The van der Waals surface area contributed by atoms with Gasteiger partial charge in [0.05, 0.1) is 47.9 Å². The molecule has 11 rings (SSSR count). The number of amidine groups is 2. The Hall–Kier alpha value is -6.31. The van der Waals surface area contributed by atoms with Crippen LogP contribution >= 0.6 is 23.2 Å². The zero-order valence-electron chi connectivity index (χ0n) is 37.2. The molecule has 8 nitrogen and oxygen atoms in total. The van der Waals surface area contributed by atoms with E-state index in [1.165, 1.54) is 8.97 Å². The zero-order valence-corrected chi connectivity index (χ0v) is 38.7. The quantitative estimate of drug-likeness (QED) is 0.123. The predicted octanol–water partition coefficient (Wildman–Crippen LogP) is 9.87. The van der Waals surface area contributed by atoms with Crippen LogP contribution in [0, 0.1) is 0 Å². The van der Waals surface area contributed by atoms with Gasteiger partial charge < -0.3 is 35.2 Å². The summed E-state index contributed by atoms with van der Waals surface area (Å²) in [6.45, 7) is -3.97. The summed E-state index contributed by atoms with van der Waals surface area (Å²) in [6, 6.07) is 45.9. The first-order chi connectivity index (χ1) is 33.1. The molecule has 1 fully saturated rings. The van der Waals surface area contributed by atoms with Gasteiger partial charge in [0, 0.05) is 74.0 Å². The molecule has 16 heteroatoms. The first kappa shape index (κ1) is 44.2. The van der Waals surface area contributed by atoms with Gasteiger partial charge in [0.1, 0.15) is 0 Å². The topological polar surface area (TPSA) is 28.8 Å². The summed E-state index contributed by atoms with van der Waals surface area (Å²) in [7, 11) is 0. The Bertz CT molecular complexity index is 2850. The molecule has 4 aromatic carbocycles. The van der Waals surface area contributed by atoms with Crippen molar-refractivity contribution in [3.05, 3.63) is 225 Å². The van der Waals surface area contributed by atoms with Crippen LogP contribution in [0.15, 0.2) is 181 Å². The first-order valence-electron chi connectivity index (χ1n) is 23.2. The van der Waals surface area contributed by atoms with Gasteiger partial charge >= 0.3 is 13.9 Å². The fraction of sp³-hybridized carbons (Fsp3) is 0.192. The Morgan fingerprint density at radius 2 is 0.750 bits per heavy atom. The second kappa shape index (κ2) is 18.0. The van der Waals surface area contributed by atoms with Crippen LogP contribution in [0.5, 0.6) is 0 Å². The fourth-order valence-corrected chi connectivity index (χ4v) is 11.1. The van der Waals surface area contributed by atoms with Gasteiger partial charge in [0.15, 0.2) is 0 Å². The van der Waals surface area contributed by atoms with Crippen molar-refractivity contribution in [3.63, 3.8) is 0 Å². The van der Waals surface area contributed by atoms with E-state index in [1.54, 1.807) is 24.3 Å². The Morgan fingerprint density at radius 1 is 0.412 bits per heavy atom. The number of hydrogen-bond donors (Lipinski definition) is 0. The number of nitrogens with zero attached hydrogens (tertiary/aromatic N) is 8. The molecule has 0 radical (unpaired) electrons. The van der Waals surface area contributed by atoms with E-state index >= 15 is 17.3 Å². The Kier molecular flexibility index (Phi) is 11.7. The minimum Gasteiger partial charge on any atom is -0.414 e. The third kappa shape index (κ3) is 7.86. The van der Waals surface area contributed by atoms with Crippen molar-refractivity contribution in [2.45, 2.75) is 13.1 Å². The molecule has 0 amide bonds. The highest BCUT2D eigenvalue weighted by Gasteiger charge is 2.52. The molecule has 344 valence electrons. The second-order valence-corrected chi connectivity index (χ2v) is 18.6. The van der Waals surface area contributed by atoms with E-state index in [9.17, 15) is 0 Å². The molecule has 0 saturated carbocycles. The van der Waals surface area contributed by atoms with E-state index in [0.29, 0.717) is 111 Å². The number of benzene rings is 4. The number of allylic oxidation sites excluding steroid dienone is 2. The van der Waals surface area contributed by atoms with Gasteiger partial charge in [0.2, 0.25) is 11.7 Å². The molecule has 68 heavy (non-hydrogen) atoms. The maximum Gasteiger partial charge on any atom is 0.640 e. The van der Waals surface area contributed by atoms with Crippen LogP contribution in [-0.4, -0.2) is 115 Å². The molecule has 7 heterocycles. The lowest BCUT2D eigenvalue weighted by molar-refractivity contribution is -0.368. The summed E-state index contributed by atoms with van der Waals surface area (Å²) in [4.78, 5) is 8.78. The van der Waals surface area contributed by atoms with Gasteiger partial charge in [-0.25, -0.2) is 0 Å². The second-order valence-electron chi connectivity index (χ2n) is 17.9. The van der Waals surface area contributed by atoms with Gasteiger partial charge in [-0.2, -0.15) is 0 Å². The highest BCUT2D eigenvalue weighted by atomic mass is 35.5. The van der Waals surface area contributed by atoms with Crippen LogP contribution < -0.4 is 0 Å². The molecule has 5 aliphatic heterocycles. The van der Waals surface area contributed by atoms with E-state index in [-0.39, 0.29) is 10.3 Å². The summed E-state index contributed by atoms with van der Waals surface area (Å²) in [5, 5.41) is -0.0568. The molecule has 0 unspecified atom stereocenters. The monoisotopic (exact) mass is 952 g/mol. The van der Waals surface area contributed by atoms with Crippen molar-refractivity contribution in [2.75, 3.05) is 52.4 Å². The standard InChI is InChI=1S/C52H48B2Cl2F4N8/c55-47-25-21-43-51(41-17-9-3-10-18-41)45-23-27-49(67(45)53(57,58)65(43)47)63-33-29-61(37-39-13-5-1-6-14-39)30-34-64(36-32-62(31-35-63)38-40-15-7-2-8-16-40)50-28-24-46-52(42-19-11-4-12-20-42)44-22-26-48(56)66(44)54(59,60)68(46)50/h1-28H,29-38H2. The third-order valence-electron chi connectivity index (χ3n) is 13.8. The molecular formula is C52H48B2Cl2F4N8. The van der Waals surface area contributed by atoms with Crippen LogP contribution in [-0.2, 0) is 13.1 Å². The summed E-state index contributed by atoms with van der Waals surface area (Å²) < 4.78 is 73.7. The highest BCUT2D eigenvalue weighted by Crippen LogP contribution is 2.43. The van der Waals surface area contributed by atoms with Crippen molar-refractivity contribution in [1.29, 1.82) is 0 Å². The van der Waals surface area contributed by atoms with Gasteiger partial charge in [-0.3, -0.25) is 19.6 Å². The van der Waals surface area contributed by atoms with E-state index in [1.807, 2.05) is 121 Å². The van der Waals surface area contributed by atoms with Crippen molar-refractivity contribution in [2.24, 2.45) is 0 Å². The average Bonchev–Trinajstić information content (AvgIpc) is 4.17. The van der Waals surface area contributed by atoms with E-state index in [0.717, 1.165) is 31.2 Å². The van der Waals surface area contributed by atoms with E-state index < -0.39 is 13.9 Å². The zero-order chi connectivity index (χ0) is 46.6. The molecule has 5 aliphatic rings. The molecule has 0 aliphatic carbocycles. The Balaban J connectivity index is 1.00. The summed E-state index contributed by atoms with van der Waals surface area (Å²) >= 11 is 13.3. The minimum absolute atomic E-state index is 0.0284. The normalized spacial score (nSPS) is 19.6. The molecule has 6 aromatic rings. The fourth-order valence-electron chi connectivity index (χ4n) is 10.6. The summed E-state index contributed by atoms with van der Waals surface area (Å²) in [5.41, 5.74) is 6.78. The van der Waals surface area contributed by atoms with Crippen molar-refractivity contribution in [1.82, 2.24) is 28.6 Å². The Morgan fingerprint density at radius 3 is 1.10 bits per heavy atom. The van der Waals surface area contributed by atoms with Gasteiger partial charge in [-0.1, -0.05) is 145 Å². The molecule has 0 atom stereocenters. The molecule has 0 bridgehead atoms. The van der Waals surface area contributed by atoms with Crippen molar-refractivity contribution >= 4 is 60.0 Å². The highest BCUT2D eigenvalue weighted by molar-refractivity contribution is 6.60. The van der Waals surface area contributed by atoms with Crippen LogP contribution in [0.2, 0.25) is 10.3 Å². The lowest BCUT2D eigenvalue weighted by Crippen LogP contribution is -2.56. The van der Waals surface area contributed by atoms with Gasteiger partial charge in [0.25, 0.3) is 0 Å². The largest absolute Gasteiger partial charge is 0.640 e. The summed E-state index contributed by atoms with van der Waals surface area (Å²) in [5.74, 6) is 0.814. The maximum atomic E-state index is 17.3. The molecular weight excluding hydrogens is 905 g/mol. The van der Waals surface area contributed by atoms with Crippen molar-refractivity contribution in [3.8, 4) is 0 Å². The molecule has 2 aromatic heterocycles. The molecule has 1 saturated heterocycles.